The Bertz CT molecular complexity index is 2590. The number of nitrogens with two attached hydrogens (primary N) is 2. The largest absolute Gasteiger partial charge is 0.508 e. The number of phenolic OH excluding ortho intramolecular Hbond substituents is 2. The van der Waals surface area contributed by atoms with Crippen molar-refractivity contribution in [1.29, 1.82) is 0 Å². The van der Waals surface area contributed by atoms with E-state index in [-0.39, 0.29) is 37.2 Å². The van der Waals surface area contributed by atoms with Gasteiger partial charge in [0.1, 0.15) is 47.8 Å². The van der Waals surface area contributed by atoms with Crippen LogP contribution in [0, 0.1) is 0 Å². The summed E-state index contributed by atoms with van der Waals surface area (Å²) in [6.45, 7) is 2.67. The molecule has 0 unspecified atom stereocenters. The lowest BCUT2D eigenvalue weighted by atomic mass is 10.0. The van der Waals surface area contributed by atoms with Crippen molar-refractivity contribution in [3.8, 4) is 11.5 Å². The molecule has 0 bridgehead atoms. The third-order valence-electron chi connectivity index (χ3n) is 10.8. The van der Waals surface area contributed by atoms with Gasteiger partial charge in [0.05, 0.1) is 12.5 Å². The average Bonchev–Trinajstić information content (AvgIpc) is 3.71. The fourth-order valence-electron chi connectivity index (χ4n) is 7.12. The van der Waals surface area contributed by atoms with Gasteiger partial charge in [0.2, 0.25) is 41.4 Å². The highest BCUT2D eigenvalue weighted by molar-refractivity contribution is 5.99. The van der Waals surface area contributed by atoms with Gasteiger partial charge in [-0.15, -0.1) is 0 Å². The van der Waals surface area contributed by atoms with Gasteiger partial charge in [-0.25, -0.2) is 0 Å². The Labute approximate surface area is 390 Å². The normalized spacial score (nSPS) is 14.1. The molecule has 4 aromatic carbocycles. The van der Waals surface area contributed by atoms with Gasteiger partial charge in [0, 0.05) is 42.8 Å². The van der Waals surface area contributed by atoms with Crippen molar-refractivity contribution in [2.24, 2.45) is 11.5 Å². The van der Waals surface area contributed by atoms with Crippen molar-refractivity contribution in [1.82, 2.24) is 36.9 Å². The Morgan fingerprint density at radius 3 is 1.38 bits per heavy atom. The number of carbonyl (C=O) groups excluding carboxylic acids is 7. The van der Waals surface area contributed by atoms with E-state index in [0.29, 0.717) is 33.2 Å². The van der Waals surface area contributed by atoms with Crippen LogP contribution in [-0.4, -0.2) is 110 Å². The summed E-state index contributed by atoms with van der Waals surface area (Å²) in [7, 11) is 0. The van der Waals surface area contributed by atoms with Crippen LogP contribution in [0.3, 0.4) is 0 Å². The second-order valence-electron chi connectivity index (χ2n) is 16.3. The maximum Gasteiger partial charge on any atom is 0.325 e. The molecule has 14 N–H and O–H groups in total. The molecule has 68 heavy (non-hydrogen) atoms. The number of aromatic amines is 1. The Morgan fingerprint density at radius 2 is 0.912 bits per heavy atom. The molecule has 0 fully saturated rings. The highest BCUT2D eigenvalue weighted by Crippen LogP contribution is 2.20. The summed E-state index contributed by atoms with van der Waals surface area (Å²) in [5, 5.41) is 45.3. The second kappa shape index (κ2) is 23.8. The van der Waals surface area contributed by atoms with Crippen molar-refractivity contribution in [3.05, 3.63) is 132 Å². The van der Waals surface area contributed by atoms with Gasteiger partial charge in [-0.3, -0.25) is 38.4 Å². The number of carboxylic acid groups (broad SMARTS) is 1. The lowest BCUT2D eigenvalue weighted by molar-refractivity contribution is -0.141. The highest BCUT2D eigenvalue weighted by atomic mass is 16.4. The van der Waals surface area contributed by atoms with Gasteiger partial charge in [-0.1, -0.05) is 72.8 Å². The van der Waals surface area contributed by atoms with E-state index < -0.39 is 96.0 Å². The summed E-state index contributed by atoms with van der Waals surface area (Å²) >= 11 is 0. The second-order valence-corrected chi connectivity index (χ2v) is 16.3. The number of hydrogen-bond donors (Lipinski definition) is 12. The molecule has 5 aromatic rings. The fourth-order valence-corrected chi connectivity index (χ4v) is 7.12. The number of rotatable bonds is 23. The summed E-state index contributed by atoms with van der Waals surface area (Å²) in [4.78, 5) is 111. The Morgan fingerprint density at radius 1 is 0.515 bits per heavy atom. The monoisotopic (exact) mass is 933 g/mol. The van der Waals surface area contributed by atoms with Crippen molar-refractivity contribution in [2.75, 3.05) is 0 Å². The number of carbonyl (C=O) groups is 8. The number of amides is 7. The Balaban J connectivity index is 1.45. The summed E-state index contributed by atoms with van der Waals surface area (Å²) in [5.41, 5.74) is 14.2. The van der Waals surface area contributed by atoms with E-state index in [1.165, 1.54) is 62.4 Å². The van der Waals surface area contributed by atoms with E-state index in [1.807, 2.05) is 0 Å². The van der Waals surface area contributed by atoms with E-state index in [2.05, 4.69) is 36.9 Å². The minimum absolute atomic E-state index is 0.00130. The first-order valence-electron chi connectivity index (χ1n) is 21.6. The summed E-state index contributed by atoms with van der Waals surface area (Å²) < 4.78 is 0. The first-order chi connectivity index (χ1) is 32.4. The van der Waals surface area contributed by atoms with E-state index in [9.17, 15) is 53.7 Å². The molecule has 0 radical (unpaired) electrons. The van der Waals surface area contributed by atoms with Crippen molar-refractivity contribution in [2.45, 2.75) is 88.2 Å². The van der Waals surface area contributed by atoms with Crippen molar-refractivity contribution < 1.29 is 53.7 Å². The van der Waals surface area contributed by atoms with Gasteiger partial charge in [0.25, 0.3) is 0 Å². The van der Waals surface area contributed by atoms with E-state index in [0.717, 1.165) is 0 Å². The van der Waals surface area contributed by atoms with Crippen LogP contribution in [-0.2, 0) is 64.0 Å². The first-order valence-corrected chi connectivity index (χ1v) is 21.6. The number of para-hydroxylation sites is 1. The smallest absolute Gasteiger partial charge is 0.325 e. The molecule has 0 saturated heterocycles. The highest BCUT2D eigenvalue weighted by Gasteiger charge is 2.35. The molecule has 5 rings (SSSR count). The van der Waals surface area contributed by atoms with E-state index in [4.69, 9.17) is 11.5 Å². The molecule has 358 valence electrons. The number of aliphatic carboxylic acids is 1. The molecule has 0 aliphatic heterocycles. The maximum absolute atomic E-state index is 14.4. The van der Waals surface area contributed by atoms with Gasteiger partial charge >= 0.3 is 5.97 Å². The number of H-pyrrole nitrogens is 1. The van der Waals surface area contributed by atoms with Gasteiger partial charge in [-0.05, 0) is 66.4 Å². The minimum Gasteiger partial charge on any atom is -0.508 e. The van der Waals surface area contributed by atoms with Gasteiger partial charge < -0.3 is 63.7 Å². The van der Waals surface area contributed by atoms with Crippen molar-refractivity contribution in [3.63, 3.8) is 0 Å². The predicted molar refractivity (Wildman–Crippen MR) is 248 cm³/mol. The average molecular weight is 934 g/mol. The molecular formula is C48H55N9O11. The van der Waals surface area contributed by atoms with Crippen LogP contribution in [0.2, 0.25) is 0 Å². The number of carboxylic acids is 1. The third kappa shape index (κ3) is 14.9. The quantitative estimate of drug-likeness (QED) is 0.0415. The molecule has 20 heteroatoms. The van der Waals surface area contributed by atoms with Gasteiger partial charge in [-0.2, -0.15) is 0 Å². The summed E-state index contributed by atoms with van der Waals surface area (Å²) in [5.74, 6) is -7.77. The lowest BCUT2D eigenvalue weighted by Gasteiger charge is -2.27. The Hall–Kier alpha value is -8.26. The molecule has 7 atom stereocenters. The molecule has 0 aliphatic rings. The molecule has 1 aromatic heterocycles. The summed E-state index contributed by atoms with van der Waals surface area (Å²) in [6, 6.07) is 17.6. The van der Waals surface area contributed by atoms with Crippen LogP contribution in [0.1, 0.15) is 42.5 Å². The van der Waals surface area contributed by atoms with Crippen molar-refractivity contribution >= 4 is 58.2 Å². The SMILES string of the molecule is C[C@H](N)C(=O)N[C@@H](Cc1ccccc1)C(=O)N[C@@H](Cc1ccc(O)cc1)C(=O)N[C@@H](CC(N)=O)C(=O)N[C@@H](Cc1c[nH]c2ccccc12)C(=O)N[C@@H](Cc1ccc(O)cc1)C(=O)N[C@@H](C)C(=O)O. The third-order valence-corrected chi connectivity index (χ3v) is 10.8. The number of hydrogen-bond acceptors (Lipinski definition) is 11. The zero-order chi connectivity index (χ0) is 49.5. The fraction of sp³-hybridized carbons (Fsp3) is 0.292. The van der Waals surface area contributed by atoms with E-state index in [1.54, 1.807) is 60.8 Å². The standard InChI is InChI=1S/C48H55N9O11/c1-26(49)42(61)53-37(20-28-8-4-3-5-9-28)44(63)55-38(22-30-14-18-33(59)19-15-30)45(64)57-40(24-41(50)60)47(66)56-39(23-31-25-51-35-11-7-6-10-34(31)35)46(65)54-36(43(62)52-27(2)48(67)68)21-29-12-16-32(58)17-13-29/h3-19,25-27,36-40,51,58-59H,20-24,49H2,1-2H3,(H2,50,60)(H,52,62)(H,53,61)(H,54,65)(H,55,63)(H,56,66)(H,57,64)(H,67,68)/t26-,27-,36-,37-,38-,39-,40-/m0/s1. The molecule has 0 spiro atoms. The van der Waals surface area contributed by atoms with Crippen LogP contribution < -0.4 is 43.4 Å². The van der Waals surface area contributed by atoms with Crippen LogP contribution >= 0.6 is 0 Å². The molecule has 0 aliphatic carbocycles. The van der Waals surface area contributed by atoms with E-state index >= 15 is 0 Å². The first kappa shape index (κ1) is 50.7. The Kier molecular flexibility index (Phi) is 17.7. The number of aromatic hydroxyl groups is 2. The number of benzene rings is 4. The molecular weight excluding hydrogens is 879 g/mol. The molecule has 0 saturated carbocycles. The lowest BCUT2D eigenvalue weighted by Crippen LogP contribution is -2.61. The van der Waals surface area contributed by atoms with Crippen LogP contribution in [0.15, 0.2) is 109 Å². The topological polar surface area (TPSA) is 337 Å². The zero-order valence-electron chi connectivity index (χ0n) is 37.2. The molecule has 7 amide bonds. The number of aromatic nitrogens is 1. The summed E-state index contributed by atoms with van der Waals surface area (Å²) in [6.07, 6.45) is 0.257. The zero-order valence-corrected chi connectivity index (χ0v) is 37.2. The molecule has 20 nitrogen and oxygen atoms in total. The predicted octanol–water partition coefficient (Wildman–Crippen LogP) is 0.0856. The molecule has 1 heterocycles. The van der Waals surface area contributed by atoms with Gasteiger partial charge in [0.15, 0.2) is 0 Å². The number of fused-ring (bicyclic) bond motifs is 1. The number of nitrogens with one attached hydrogen (secondary N) is 7. The van der Waals surface area contributed by atoms with Crippen LogP contribution in [0.5, 0.6) is 11.5 Å². The number of phenols is 2. The van der Waals surface area contributed by atoms with Crippen LogP contribution in [0.4, 0.5) is 0 Å². The number of primary amides is 1. The maximum atomic E-state index is 14.4. The van der Waals surface area contributed by atoms with Crippen LogP contribution in [0.25, 0.3) is 10.9 Å². The minimum atomic E-state index is -1.75.